The van der Waals surface area contributed by atoms with E-state index in [4.69, 9.17) is 4.74 Å². The van der Waals surface area contributed by atoms with E-state index in [-0.39, 0.29) is 17.7 Å². The molecule has 0 fully saturated rings. The Labute approximate surface area is 120 Å². The lowest BCUT2D eigenvalue weighted by Gasteiger charge is -2.27. The molecule has 7 heteroatoms. The van der Waals surface area contributed by atoms with Crippen LogP contribution in [0.25, 0.3) is 0 Å². The Morgan fingerprint density at radius 1 is 1.33 bits per heavy atom. The highest BCUT2D eigenvalue weighted by atomic mass is 19.1. The molecule has 1 aliphatic rings. The van der Waals surface area contributed by atoms with Crippen LogP contribution < -0.4 is 4.90 Å². The summed E-state index contributed by atoms with van der Waals surface area (Å²) < 4.78 is 32.3. The summed E-state index contributed by atoms with van der Waals surface area (Å²) in [6, 6.07) is 0.324. The highest BCUT2D eigenvalue weighted by molar-refractivity contribution is 5.98. The van der Waals surface area contributed by atoms with Crippen LogP contribution in [0.4, 0.5) is 19.3 Å². The van der Waals surface area contributed by atoms with Crippen LogP contribution in [0.2, 0.25) is 0 Å². The van der Waals surface area contributed by atoms with Gasteiger partial charge in [-0.2, -0.15) is 0 Å². The average molecular weight is 299 g/mol. The van der Waals surface area contributed by atoms with E-state index in [0.29, 0.717) is 6.07 Å². The number of amides is 1. The fraction of sp³-hybridized carbons (Fsp3) is 0.429. The third-order valence-electron chi connectivity index (χ3n) is 2.95. The van der Waals surface area contributed by atoms with Gasteiger partial charge in [-0.15, -0.1) is 0 Å². The summed E-state index contributed by atoms with van der Waals surface area (Å²) in [6.45, 7) is 4.83. The maximum Gasteiger partial charge on any atom is 0.415 e. The first-order valence-corrected chi connectivity index (χ1v) is 6.33. The number of fused-ring (bicyclic) bond motifs is 1. The molecule has 1 aromatic rings. The van der Waals surface area contributed by atoms with Crippen molar-refractivity contribution in [2.75, 3.05) is 4.90 Å². The Morgan fingerprint density at radius 3 is 2.48 bits per heavy atom. The zero-order valence-electron chi connectivity index (χ0n) is 11.8. The van der Waals surface area contributed by atoms with Crippen molar-refractivity contribution in [2.24, 2.45) is 0 Å². The molecule has 0 bridgehead atoms. The zero-order chi connectivity index (χ0) is 15.9. The number of rotatable bonds is 1. The lowest BCUT2D eigenvalue weighted by molar-refractivity contribution is -0.138. The molecule has 1 aliphatic heterocycles. The summed E-state index contributed by atoms with van der Waals surface area (Å²) in [5.74, 6) is -3.11. The Hall–Kier alpha value is -2.18. The molecular weight excluding hydrogens is 284 g/mol. The molecule has 1 heterocycles. The molecule has 0 aromatic heterocycles. The third-order valence-corrected chi connectivity index (χ3v) is 2.95. The van der Waals surface area contributed by atoms with Crippen LogP contribution in [0.3, 0.4) is 0 Å². The molecular formula is C14H15F2NO4. The normalized spacial score (nSPS) is 17.6. The van der Waals surface area contributed by atoms with Gasteiger partial charge in [0.15, 0.2) is 0 Å². The molecule has 1 aromatic carbocycles. The molecule has 0 aliphatic carbocycles. The first-order chi connectivity index (χ1) is 9.60. The summed E-state index contributed by atoms with van der Waals surface area (Å²) in [7, 11) is 0. The van der Waals surface area contributed by atoms with Crippen LogP contribution in [-0.4, -0.2) is 28.8 Å². The minimum absolute atomic E-state index is 0.130. The number of benzene rings is 1. The van der Waals surface area contributed by atoms with Crippen LogP contribution in [-0.2, 0) is 16.0 Å². The van der Waals surface area contributed by atoms with Gasteiger partial charge < -0.3 is 9.84 Å². The number of hydrogen-bond acceptors (Lipinski definition) is 3. The molecule has 1 amide bonds. The lowest BCUT2D eigenvalue weighted by Crippen LogP contribution is -2.45. The van der Waals surface area contributed by atoms with Crippen molar-refractivity contribution in [2.45, 2.75) is 38.8 Å². The third kappa shape index (κ3) is 2.96. The molecule has 2 rings (SSSR count). The average Bonchev–Trinajstić information content (AvgIpc) is 2.65. The molecule has 1 N–H and O–H groups in total. The highest BCUT2D eigenvalue weighted by Gasteiger charge is 2.42. The van der Waals surface area contributed by atoms with Crippen LogP contribution >= 0.6 is 0 Å². The van der Waals surface area contributed by atoms with Gasteiger partial charge in [-0.05, 0) is 32.4 Å². The second-order valence-corrected chi connectivity index (χ2v) is 5.80. The quantitative estimate of drug-likeness (QED) is 0.866. The second-order valence-electron chi connectivity index (χ2n) is 5.80. The molecule has 114 valence electrons. The topological polar surface area (TPSA) is 66.8 Å². The summed E-state index contributed by atoms with van der Waals surface area (Å²) >= 11 is 0. The van der Waals surface area contributed by atoms with Gasteiger partial charge in [0.25, 0.3) is 0 Å². The van der Waals surface area contributed by atoms with Crippen LogP contribution in [0, 0.1) is 11.6 Å². The predicted octanol–water partition coefficient (Wildman–Crippen LogP) is 2.72. The largest absolute Gasteiger partial charge is 0.480 e. The Balaban J connectivity index is 2.47. The Bertz CT molecular complexity index is 610. The van der Waals surface area contributed by atoms with E-state index in [1.165, 1.54) is 0 Å². The smallest absolute Gasteiger partial charge is 0.415 e. The van der Waals surface area contributed by atoms with E-state index in [0.717, 1.165) is 11.0 Å². The Morgan fingerprint density at radius 2 is 1.95 bits per heavy atom. The number of anilines is 1. The van der Waals surface area contributed by atoms with Gasteiger partial charge in [0.2, 0.25) is 0 Å². The van der Waals surface area contributed by atoms with Crippen LogP contribution in [0.5, 0.6) is 0 Å². The van der Waals surface area contributed by atoms with Crippen molar-refractivity contribution in [3.05, 3.63) is 29.3 Å². The molecule has 0 saturated heterocycles. The van der Waals surface area contributed by atoms with E-state index >= 15 is 0 Å². The lowest BCUT2D eigenvalue weighted by atomic mass is 10.1. The number of halogens is 2. The minimum Gasteiger partial charge on any atom is -0.480 e. The van der Waals surface area contributed by atoms with Gasteiger partial charge in [-0.1, -0.05) is 0 Å². The highest BCUT2D eigenvalue weighted by Crippen LogP contribution is 2.36. The van der Waals surface area contributed by atoms with E-state index in [2.05, 4.69) is 0 Å². The number of ether oxygens (including phenoxy) is 1. The summed E-state index contributed by atoms with van der Waals surface area (Å²) in [5, 5.41) is 9.20. The van der Waals surface area contributed by atoms with Gasteiger partial charge in [0.05, 0.1) is 5.69 Å². The predicted molar refractivity (Wildman–Crippen MR) is 70.2 cm³/mol. The molecule has 21 heavy (non-hydrogen) atoms. The Kier molecular flexibility index (Phi) is 3.61. The summed E-state index contributed by atoms with van der Waals surface area (Å²) in [4.78, 5) is 24.2. The number of aliphatic carboxylic acids is 1. The number of carboxylic acid groups (broad SMARTS) is 1. The van der Waals surface area contributed by atoms with Crippen molar-refractivity contribution in [3.63, 3.8) is 0 Å². The summed E-state index contributed by atoms with van der Waals surface area (Å²) in [5.41, 5.74) is -0.969. The van der Waals surface area contributed by atoms with E-state index < -0.39 is 35.3 Å². The number of carbonyl (C=O) groups is 2. The molecule has 1 atom stereocenters. The zero-order valence-corrected chi connectivity index (χ0v) is 11.8. The van der Waals surface area contributed by atoms with Gasteiger partial charge in [-0.25, -0.2) is 18.4 Å². The molecule has 1 unspecified atom stereocenters. The maximum absolute atomic E-state index is 13.9. The fourth-order valence-corrected chi connectivity index (χ4v) is 2.23. The van der Waals surface area contributed by atoms with Crippen LogP contribution in [0.1, 0.15) is 26.3 Å². The van der Waals surface area contributed by atoms with Crippen molar-refractivity contribution in [3.8, 4) is 0 Å². The van der Waals surface area contributed by atoms with Crippen molar-refractivity contribution < 1.29 is 28.2 Å². The molecule has 0 radical (unpaired) electrons. The fourth-order valence-electron chi connectivity index (χ4n) is 2.23. The minimum atomic E-state index is -1.31. The van der Waals surface area contributed by atoms with E-state index in [9.17, 15) is 23.5 Å². The number of carbonyl (C=O) groups excluding carboxylic acids is 1. The molecule has 0 spiro atoms. The number of nitrogens with zero attached hydrogens (tertiary/aromatic N) is 1. The standard InChI is InChI=1S/C14H15F2NO4/c1-14(2,3)21-13(20)17-10(12(18)19)5-7-4-8(15)6-9(16)11(7)17/h4,6,10H,5H2,1-3H3,(H,18,19). The SMILES string of the molecule is CC(C)(C)OC(=O)N1c2c(F)cc(F)cc2CC1C(=O)O. The van der Waals surface area contributed by atoms with E-state index in [1.807, 2.05) is 0 Å². The van der Waals surface area contributed by atoms with Gasteiger partial charge >= 0.3 is 12.1 Å². The van der Waals surface area contributed by atoms with Gasteiger partial charge in [0, 0.05) is 12.5 Å². The number of hydrogen-bond donors (Lipinski definition) is 1. The van der Waals surface area contributed by atoms with Gasteiger partial charge in [-0.3, -0.25) is 4.90 Å². The van der Waals surface area contributed by atoms with Crippen molar-refractivity contribution in [1.29, 1.82) is 0 Å². The van der Waals surface area contributed by atoms with Crippen LogP contribution in [0.15, 0.2) is 12.1 Å². The first kappa shape index (κ1) is 15.2. The maximum atomic E-state index is 13.9. The second kappa shape index (κ2) is 4.98. The number of carboxylic acids is 1. The molecule has 0 saturated carbocycles. The van der Waals surface area contributed by atoms with Crippen molar-refractivity contribution >= 4 is 17.7 Å². The first-order valence-electron chi connectivity index (χ1n) is 6.33. The summed E-state index contributed by atoms with van der Waals surface area (Å²) in [6.07, 6.45) is -1.14. The molecule has 5 nitrogen and oxygen atoms in total. The van der Waals surface area contributed by atoms with E-state index in [1.54, 1.807) is 20.8 Å². The van der Waals surface area contributed by atoms with Crippen molar-refractivity contribution in [1.82, 2.24) is 0 Å². The van der Waals surface area contributed by atoms with Gasteiger partial charge in [0.1, 0.15) is 23.3 Å². The monoisotopic (exact) mass is 299 g/mol.